The van der Waals surface area contributed by atoms with Gasteiger partial charge in [0.15, 0.2) is 5.16 Å². The van der Waals surface area contributed by atoms with E-state index in [2.05, 4.69) is 15.3 Å². The fraction of sp³-hybridized carbons (Fsp3) is 0.227. The highest BCUT2D eigenvalue weighted by atomic mass is 32.2. The summed E-state index contributed by atoms with van der Waals surface area (Å²) in [5.74, 6) is 0.669. The van der Waals surface area contributed by atoms with Gasteiger partial charge in [0.2, 0.25) is 5.91 Å². The molecule has 0 aliphatic heterocycles. The van der Waals surface area contributed by atoms with Gasteiger partial charge in [0, 0.05) is 5.69 Å². The lowest BCUT2D eigenvalue weighted by atomic mass is 10.1. The number of nitrogens with one attached hydrogen (secondary N) is 2. The van der Waals surface area contributed by atoms with Crippen LogP contribution in [0, 0.1) is 6.92 Å². The van der Waals surface area contributed by atoms with Crippen LogP contribution in [0.3, 0.4) is 0 Å². The molecular formula is C22H22N4O3S. The number of fused-ring (bicyclic) bond motifs is 1. The zero-order valence-electron chi connectivity index (χ0n) is 16.7. The van der Waals surface area contributed by atoms with Gasteiger partial charge in [-0.2, -0.15) is 0 Å². The van der Waals surface area contributed by atoms with Gasteiger partial charge in [-0.3, -0.25) is 14.2 Å². The molecule has 0 saturated carbocycles. The summed E-state index contributed by atoms with van der Waals surface area (Å²) in [5, 5.41) is 3.46. The maximum Gasteiger partial charge on any atom is 0.278 e. The third-order valence-electron chi connectivity index (χ3n) is 4.74. The van der Waals surface area contributed by atoms with Crippen molar-refractivity contribution < 1.29 is 9.21 Å². The molecule has 7 nitrogen and oxygen atoms in total. The summed E-state index contributed by atoms with van der Waals surface area (Å²) in [4.78, 5) is 33.2. The Morgan fingerprint density at radius 2 is 2.07 bits per heavy atom. The van der Waals surface area contributed by atoms with Crippen LogP contribution in [0.25, 0.3) is 11.0 Å². The number of aromatic nitrogens is 3. The van der Waals surface area contributed by atoms with E-state index in [0.717, 1.165) is 11.3 Å². The molecule has 0 aliphatic rings. The van der Waals surface area contributed by atoms with Crippen molar-refractivity contribution in [1.29, 1.82) is 0 Å². The van der Waals surface area contributed by atoms with Gasteiger partial charge in [0.1, 0.15) is 11.3 Å². The Labute approximate surface area is 177 Å². The Hall–Kier alpha value is -3.26. The van der Waals surface area contributed by atoms with Crippen molar-refractivity contribution in [2.75, 3.05) is 5.75 Å². The Morgan fingerprint density at radius 1 is 1.27 bits per heavy atom. The molecule has 0 bridgehead atoms. The molecule has 1 aromatic carbocycles. The van der Waals surface area contributed by atoms with Crippen molar-refractivity contribution in [1.82, 2.24) is 19.9 Å². The monoisotopic (exact) mass is 422 g/mol. The van der Waals surface area contributed by atoms with Crippen LogP contribution in [-0.2, 0) is 11.3 Å². The summed E-state index contributed by atoms with van der Waals surface area (Å²) in [6.07, 6.45) is 1.57. The Balaban J connectivity index is 1.55. The molecule has 3 heterocycles. The Kier molecular flexibility index (Phi) is 5.76. The fourth-order valence-electron chi connectivity index (χ4n) is 3.26. The predicted molar refractivity (Wildman–Crippen MR) is 117 cm³/mol. The van der Waals surface area contributed by atoms with Gasteiger partial charge in [0.05, 0.1) is 30.1 Å². The van der Waals surface area contributed by atoms with E-state index < -0.39 is 0 Å². The zero-order valence-corrected chi connectivity index (χ0v) is 17.5. The minimum atomic E-state index is -0.190. The van der Waals surface area contributed by atoms with Crippen LogP contribution < -0.4 is 10.9 Å². The first-order chi connectivity index (χ1) is 14.5. The van der Waals surface area contributed by atoms with E-state index >= 15 is 0 Å². The normalized spacial score (nSPS) is 12.2. The van der Waals surface area contributed by atoms with Crippen LogP contribution in [0.4, 0.5) is 0 Å². The second kappa shape index (κ2) is 8.62. The number of hydrogen-bond donors (Lipinski definition) is 2. The van der Waals surface area contributed by atoms with Gasteiger partial charge in [-0.05, 0) is 37.6 Å². The van der Waals surface area contributed by atoms with E-state index in [1.165, 1.54) is 16.3 Å². The summed E-state index contributed by atoms with van der Waals surface area (Å²) < 4.78 is 6.94. The number of amides is 1. The maximum absolute atomic E-state index is 13.0. The van der Waals surface area contributed by atoms with Crippen molar-refractivity contribution in [3.8, 4) is 0 Å². The van der Waals surface area contributed by atoms with E-state index in [-0.39, 0.29) is 29.8 Å². The number of hydrogen-bond acceptors (Lipinski definition) is 5. The number of carbonyl (C=O) groups is 1. The van der Waals surface area contributed by atoms with Gasteiger partial charge in [-0.1, -0.05) is 42.1 Å². The van der Waals surface area contributed by atoms with Crippen LogP contribution in [-0.4, -0.2) is 26.2 Å². The third kappa shape index (κ3) is 4.33. The zero-order chi connectivity index (χ0) is 21.1. The summed E-state index contributed by atoms with van der Waals surface area (Å²) in [6.45, 7) is 4.07. The molecule has 0 aliphatic carbocycles. The number of nitrogens with zero attached hydrogens (tertiary/aromatic N) is 2. The summed E-state index contributed by atoms with van der Waals surface area (Å²) in [7, 11) is 0. The summed E-state index contributed by atoms with van der Waals surface area (Å²) in [6, 6.07) is 15.1. The lowest BCUT2D eigenvalue weighted by molar-refractivity contribution is -0.119. The average molecular weight is 423 g/mol. The highest BCUT2D eigenvalue weighted by Crippen LogP contribution is 2.20. The summed E-state index contributed by atoms with van der Waals surface area (Å²) in [5.41, 5.74) is 2.74. The van der Waals surface area contributed by atoms with Gasteiger partial charge < -0.3 is 14.7 Å². The highest BCUT2D eigenvalue weighted by molar-refractivity contribution is 7.99. The first kappa shape index (κ1) is 20.0. The molecule has 0 fully saturated rings. The minimum Gasteiger partial charge on any atom is -0.467 e. The van der Waals surface area contributed by atoms with E-state index in [0.29, 0.717) is 22.0 Å². The van der Waals surface area contributed by atoms with Crippen molar-refractivity contribution in [3.63, 3.8) is 0 Å². The van der Waals surface area contributed by atoms with Crippen LogP contribution in [0.2, 0.25) is 0 Å². The molecule has 4 rings (SSSR count). The lowest BCUT2D eigenvalue weighted by Crippen LogP contribution is -2.29. The van der Waals surface area contributed by atoms with Crippen LogP contribution in [0.5, 0.6) is 0 Å². The highest BCUT2D eigenvalue weighted by Gasteiger charge is 2.17. The van der Waals surface area contributed by atoms with Gasteiger partial charge in [-0.15, -0.1) is 0 Å². The molecular weight excluding hydrogens is 400 g/mol. The number of aryl methyl sites for hydroxylation is 1. The van der Waals surface area contributed by atoms with Crippen molar-refractivity contribution >= 4 is 28.7 Å². The molecule has 4 aromatic rings. The van der Waals surface area contributed by atoms with Crippen molar-refractivity contribution in [3.05, 3.63) is 82.2 Å². The molecule has 0 saturated heterocycles. The topological polar surface area (TPSA) is 92.9 Å². The van der Waals surface area contributed by atoms with E-state index in [1.54, 1.807) is 18.4 Å². The van der Waals surface area contributed by atoms with Crippen molar-refractivity contribution in [2.24, 2.45) is 0 Å². The molecule has 0 unspecified atom stereocenters. The number of thioether (sulfide) groups is 1. The molecule has 2 N–H and O–H groups in total. The molecule has 30 heavy (non-hydrogen) atoms. The van der Waals surface area contributed by atoms with Crippen LogP contribution in [0.15, 0.2) is 69.2 Å². The molecule has 8 heteroatoms. The molecule has 154 valence electrons. The van der Waals surface area contributed by atoms with Crippen LogP contribution >= 0.6 is 11.8 Å². The predicted octanol–water partition coefficient (Wildman–Crippen LogP) is 3.64. The number of aromatic amines is 1. The Morgan fingerprint density at radius 3 is 2.80 bits per heavy atom. The van der Waals surface area contributed by atoms with Crippen LogP contribution in [0.1, 0.15) is 30.0 Å². The van der Waals surface area contributed by atoms with E-state index in [9.17, 15) is 9.59 Å². The van der Waals surface area contributed by atoms with Gasteiger partial charge >= 0.3 is 0 Å². The standard InChI is InChI=1S/C22H22N4O3S/c1-14-11-18-20(23-14)21(28)26(12-17-9-6-10-29-17)22(25-18)30-13-19(27)24-15(2)16-7-4-3-5-8-16/h3-11,15,23H,12-13H2,1-2H3,(H,24,27)/t15-/m1/s1. The molecule has 0 radical (unpaired) electrons. The first-order valence-corrected chi connectivity index (χ1v) is 10.6. The fourth-order valence-corrected chi connectivity index (χ4v) is 4.07. The minimum absolute atomic E-state index is 0.104. The first-order valence-electron chi connectivity index (χ1n) is 9.61. The average Bonchev–Trinajstić information content (AvgIpc) is 3.38. The quantitative estimate of drug-likeness (QED) is 0.350. The SMILES string of the molecule is Cc1cc2nc(SCC(=O)N[C@H](C)c3ccccc3)n(Cc3ccco3)c(=O)c2[nH]1. The van der Waals surface area contributed by atoms with Gasteiger partial charge in [0.25, 0.3) is 5.56 Å². The molecule has 1 atom stereocenters. The second-order valence-corrected chi connectivity index (χ2v) is 8.01. The molecule has 0 spiro atoms. The van der Waals surface area contributed by atoms with E-state index in [4.69, 9.17) is 4.42 Å². The second-order valence-electron chi connectivity index (χ2n) is 7.07. The summed E-state index contributed by atoms with van der Waals surface area (Å²) >= 11 is 1.24. The van der Waals surface area contributed by atoms with Crippen molar-refractivity contribution in [2.45, 2.75) is 31.6 Å². The Bertz CT molecular complexity index is 1210. The maximum atomic E-state index is 13.0. The molecule has 1 amide bonds. The number of carbonyl (C=O) groups excluding carboxylic acids is 1. The smallest absolute Gasteiger partial charge is 0.278 e. The number of H-pyrrole nitrogens is 1. The largest absolute Gasteiger partial charge is 0.467 e. The number of furan rings is 1. The lowest BCUT2D eigenvalue weighted by Gasteiger charge is -2.15. The number of benzene rings is 1. The number of rotatable bonds is 7. The third-order valence-corrected chi connectivity index (χ3v) is 5.72. The molecule has 3 aromatic heterocycles. The van der Waals surface area contributed by atoms with Gasteiger partial charge in [-0.25, -0.2) is 4.98 Å². The van der Waals surface area contributed by atoms with E-state index in [1.807, 2.05) is 50.2 Å².